The number of hydrogen-bond acceptors (Lipinski definition) is 9. The zero-order valence-electron chi connectivity index (χ0n) is 17.7. The Morgan fingerprint density at radius 3 is 2.56 bits per heavy atom. The quantitative estimate of drug-likeness (QED) is 0.339. The van der Waals surface area contributed by atoms with Crippen molar-refractivity contribution >= 4 is 48.9 Å². The van der Waals surface area contributed by atoms with E-state index in [2.05, 4.69) is 30.6 Å². The number of fused-ring (bicyclic) bond motifs is 1. The van der Waals surface area contributed by atoms with Crippen LogP contribution in [0.5, 0.6) is 0 Å². The average Bonchev–Trinajstić information content (AvgIpc) is 3.04. The molecular formula is C18H21F3N6O5S2. The Labute approximate surface area is 193 Å². The highest BCUT2D eigenvalue weighted by atomic mass is 32.3. The standard InChI is InChI=1S/C18H21F3N6O5S2/c1-33(29,30)10-34(31,32)24-6-2-5-22-16-13(18(19,20)21)9-23-17(27-16)25-12-3-4-14-11(7-12)8-15(28)26-14/h3-4,7,9,24H,2,5-6,8,10H2,1H3,(H,26,28)(H2,22,23,25,27). The number of carbonyl (C=O) groups excluding carboxylic acids is 1. The molecule has 2 heterocycles. The van der Waals surface area contributed by atoms with Crippen LogP contribution in [0.3, 0.4) is 0 Å². The first-order valence-electron chi connectivity index (χ1n) is 9.75. The van der Waals surface area contributed by atoms with Crippen molar-refractivity contribution in [3.63, 3.8) is 0 Å². The molecule has 0 radical (unpaired) electrons. The van der Waals surface area contributed by atoms with Crippen LogP contribution in [-0.2, 0) is 37.3 Å². The van der Waals surface area contributed by atoms with Crippen molar-refractivity contribution in [2.24, 2.45) is 0 Å². The van der Waals surface area contributed by atoms with Gasteiger partial charge in [0.2, 0.25) is 21.9 Å². The average molecular weight is 523 g/mol. The summed E-state index contributed by atoms with van der Waals surface area (Å²) in [4.78, 5) is 19.1. The van der Waals surface area contributed by atoms with Crippen LogP contribution >= 0.6 is 0 Å². The maximum absolute atomic E-state index is 13.4. The van der Waals surface area contributed by atoms with Crippen molar-refractivity contribution in [1.82, 2.24) is 14.7 Å². The molecule has 186 valence electrons. The Balaban J connectivity index is 1.66. The van der Waals surface area contributed by atoms with E-state index in [9.17, 15) is 34.8 Å². The minimum absolute atomic E-state index is 0.0545. The van der Waals surface area contributed by atoms with Gasteiger partial charge in [-0.3, -0.25) is 4.79 Å². The van der Waals surface area contributed by atoms with E-state index >= 15 is 0 Å². The zero-order valence-corrected chi connectivity index (χ0v) is 19.4. The Hall–Kier alpha value is -2.98. The molecule has 34 heavy (non-hydrogen) atoms. The van der Waals surface area contributed by atoms with E-state index in [0.29, 0.717) is 17.6 Å². The fourth-order valence-corrected chi connectivity index (χ4v) is 6.11. The molecule has 2 aromatic rings. The SMILES string of the molecule is CS(=O)(=O)CS(=O)(=O)NCCCNc1nc(Nc2ccc3c(c2)CC(=O)N3)ncc1C(F)(F)F. The fraction of sp³-hybridized carbons (Fsp3) is 0.389. The highest BCUT2D eigenvalue weighted by molar-refractivity contribution is 8.06. The molecule has 3 rings (SSSR count). The van der Waals surface area contributed by atoms with Gasteiger partial charge in [-0.25, -0.2) is 26.5 Å². The Kier molecular flexibility index (Phi) is 7.32. The summed E-state index contributed by atoms with van der Waals surface area (Å²) in [6.07, 6.45) is -3.12. The number of amides is 1. The summed E-state index contributed by atoms with van der Waals surface area (Å²) in [7, 11) is -7.83. The third kappa shape index (κ3) is 7.26. The summed E-state index contributed by atoms with van der Waals surface area (Å²) in [5.41, 5.74) is 0.734. The normalized spacial score (nSPS) is 13.9. The molecule has 4 N–H and O–H groups in total. The summed E-state index contributed by atoms with van der Waals surface area (Å²) >= 11 is 0. The van der Waals surface area contributed by atoms with Crippen molar-refractivity contribution in [1.29, 1.82) is 0 Å². The summed E-state index contributed by atoms with van der Waals surface area (Å²) in [6.45, 7) is -0.280. The molecular weight excluding hydrogens is 501 g/mol. The number of rotatable bonds is 10. The molecule has 1 aliphatic heterocycles. The Morgan fingerprint density at radius 1 is 1.15 bits per heavy atom. The summed E-state index contributed by atoms with van der Waals surface area (Å²) < 4.78 is 87.7. The van der Waals surface area contributed by atoms with Crippen LogP contribution in [0, 0.1) is 0 Å². The number of anilines is 4. The Morgan fingerprint density at radius 2 is 1.88 bits per heavy atom. The van der Waals surface area contributed by atoms with E-state index in [4.69, 9.17) is 0 Å². The second-order valence-electron chi connectivity index (χ2n) is 7.51. The van der Waals surface area contributed by atoms with Crippen molar-refractivity contribution < 1.29 is 34.8 Å². The topological polar surface area (TPSA) is 159 Å². The first-order valence-corrected chi connectivity index (χ1v) is 13.5. The molecule has 1 aromatic heterocycles. The number of nitrogens with one attached hydrogen (secondary N) is 4. The molecule has 0 aliphatic carbocycles. The fourth-order valence-electron chi connectivity index (χ4n) is 3.07. The maximum atomic E-state index is 13.4. The summed E-state index contributed by atoms with van der Waals surface area (Å²) in [5, 5.41) is 6.89. The molecule has 0 fully saturated rings. The van der Waals surface area contributed by atoms with E-state index in [-0.39, 0.29) is 37.8 Å². The van der Waals surface area contributed by atoms with Gasteiger partial charge in [0.15, 0.2) is 14.9 Å². The van der Waals surface area contributed by atoms with Crippen molar-refractivity contribution in [2.45, 2.75) is 19.0 Å². The number of benzene rings is 1. The van der Waals surface area contributed by atoms with Crippen LogP contribution in [-0.4, -0.2) is 57.1 Å². The van der Waals surface area contributed by atoms with Crippen LogP contribution in [0.1, 0.15) is 17.5 Å². The van der Waals surface area contributed by atoms with Crippen molar-refractivity contribution in [3.8, 4) is 0 Å². The third-order valence-corrected chi connectivity index (χ3v) is 8.02. The minimum atomic E-state index is -4.74. The Bertz CT molecular complexity index is 1300. The lowest BCUT2D eigenvalue weighted by Crippen LogP contribution is -2.31. The van der Waals surface area contributed by atoms with E-state index in [1.165, 1.54) is 0 Å². The number of aromatic nitrogens is 2. The molecule has 0 bridgehead atoms. The van der Waals surface area contributed by atoms with Gasteiger partial charge in [-0.15, -0.1) is 0 Å². The van der Waals surface area contributed by atoms with Gasteiger partial charge >= 0.3 is 6.18 Å². The van der Waals surface area contributed by atoms with Gasteiger partial charge in [0.25, 0.3) is 0 Å². The van der Waals surface area contributed by atoms with Gasteiger partial charge in [0, 0.05) is 36.9 Å². The predicted octanol–water partition coefficient (Wildman–Crippen LogP) is 1.46. The lowest BCUT2D eigenvalue weighted by atomic mass is 10.1. The van der Waals surface area contributed by atoms with Crippen LogP contribution < -0.4 is 20.7 Å². The number of carbonyl (C=O) groups is 1. The van der Waals surface area contributed by atoms with Gasteiger partial charge in [0.1, 0.15) is 11.4 Å². The smallest absolute Gasteiger partial charge is 0.369 e. The molecule has 0 spiro atoms. The highest BCUT2D eigenvalue weighted by Crippen LogP contribution is 2.34. The van der Waals surface area contributed by atoms with E-state index in [0.717, 1.165) is 11.8 Å². The monoisotopic (exact) mass is 522 g/mol. The molecule has 0 atom stereocenters. The van der Waals surface area contributed by atoms with Crippen LogP contribution in [0.25, 0.3) is 0 Å². The lowest BCUT2D eigenvalue weighted by molar-refractivity contribution is -0.137. The zero-order chi connectivity index (χ0) is 25.1. The van der Waals surface area contributed by atoms with Gasteiger partial charge in [-0.2, -0.15) is 18.2 Å². The molecule has 16 heteroatoms. The van der Waals surface area contributed by atoms with Gasteiger partial charge in [-0.05, 0) is 30.2 Å². The molecule has 0 saturated carbocycles. The number of alkyl halides is 3. The van der Waals surface area contributed by atoms with Gasteiger partial charge < -0.3 is 16.0 Å². The van der Waals surface area contributed by atoms with Crippen molar-refractivity contribution in [3.05, 3.63) is 35.5 Å². The van der Waals surface area contributed by atoms with E-state index < -0.39 is 42.5 Å². The number of nitrogens with zero attached hydrogens (tertiary/aromatic N) is 2. The maximum Gasteiger partial charge on any atom is 0.421 e. The molecule has 1 aliphatic rings. The number of sulfonamides is 1. The number of hydrogen-bond donors (Lipinski definition) is 4. The van der Waals surface area contributed by atoms with Crippen LogP contribution in [0.4, 0.5) is 36.3 Å². The van der Waals surface area contributed by atoms with Crippen LogP contribution in [0.2, 0.25) is 0 Å². The highest BCUT2D eigenvalue weighted by Gasteiger charge is 2.35. The summed E-state index contributed by atoms with van der Waals surface area (Å²) in [5.74, 6) is -0.799. The second-order valence-corrected chi connectivity index (χ2v) is 11.8. The van der Waals surface area contributed by atoms with E-state index in [1.807, 2.05) is 0 Å². The largest absolute Gasteiger partial charge is 0.421 e. The number of sulfone groups is 1. The molecule has 1 aromatic carbocycles. The van der Waals surface area contributed by atoms with Gasteiger partial charge in [-0.1, -0.05) is 0 Å². The van der Waals surface area contributed by atoms with Crippen molar-refractivity contribution in [2.75, 3.05) is 40.4 Å². The molecule has 1 amide bonds. The molecule has 11 nitrogen and oxygen atoms in total. The minimum Gasteiger partial charge on any atom is -0.369 e. The number of halogens is 3. The molecule has 0 saturated heterocycles. The lowest BCUT2D eigenvalue weighted by Gasteiger charge is -2.15. The predicted molar refractivity (Wildman–Crippen MR) is 119 cm³/mol. The van der Waals surface area contributed by atoms with Gasteiger partial charge in [0.05, 0.1) is 6.42 Å². The van der Waals surface area contributed by atoms with E-state index in [1.54, 1.807) is 18.2 Å². The second kappa shape index (κ2) is 9.71. The first kappa shape index (κ1) is 25.6. The summed E-state index contributed by atoms with van der Waals surface area (Å²) in [6, 6.07) is 4.92. The van der Waals surface area contributed by atoms with Crippen LogP contribution in [0.15, 0.2) is 24.4 Å². The first-order chi connectivity index (χ1) is 15.7. The molecule has 0 unspecified atom stereocenters. The third-order valence-electron chi connectivity index (χ3n) is 4.42.